The van der Waals surface area contributed by atoms with Gasteiger partial charge in [0, 0.05) is 0 Å². The molecule has 132 valence electrons. The highest BCUT2D eigenvalue weighted by atomic mass is 16.3. The van der Waals surface area contributed by atoms with Crippen molar-refractivity contribution in [3.8, 4) is 5.75 Å². The lowest BCUT2D eigenvalue weighted by Gasteiger charge is -2.35. The van der Waals surface area contributed by atoms with Crippen LogP contribution in [0, 0.1) is 17.8 Å². The van der Waals surface area contributed by atoms with Gasteiger partial charge in [0.25, 0.3) is 0 Å². The van der Waals surface area contributed by atoms with E-state index in [1.807, 2.05) is 12.1 Å². The Hall–Kier alpha value is -1.24. The zero-order valence-electron chi connectivity index (χ0n) is 15.3. The summed E-state index contributed by atoms with van der Waals surface area (Å²) >= 11 is 0. The van der Waals surface area contributed by atoms with E-state index >= 15 is 0 Å². The van der Waals surface area contributed by atoms with Crippen LogP contribution in [-0.4, -0.2) is 5.11 Å². The highest BCUT2D eigenvalue weighted by Gasteiger charge is 2.28. The molecule has 0 spiro atoms. The molecule has 0 aliphatic heterocycles. The number of hydrogen-bond donors (Lipinski definition) is 1. The van der Waals surface area contributed by atoms with Crippen molar-refractivity contribution < 1.29 is 5.11 Å². The summed E-state index contributed by atoms with van der Waals surface area (Å²) in [6, 6.07) is 7.73. The van der Waals surface area contributed by atoms with Gasteiger partial charge in [-0.1, -0.05) is 63.7 Å². The van der Waals surface area contributed by atoms with E-state index in [0.29, 0.717) is 5.75 Å². The summed E-state index contributed by atoms with van der Waals surface area (Å²) in [6.45, 7) is 2.31. The van der Waals surface area contributed by atoms with Gasteiger partial charge in [0.15, 0.2) is 0 Å². The van der Waals surface area contributed by atoms with Gasteiger partial charge in [-0.25, -0.2) is 0 Å². The van der Waals surface area contributed by atoms with E-state index in [9.17, 15) is 5.11 Å². The third kappa shape index (κ3) is 4.65. The molecule has 0 saturated heterocycles. The van der Waals surface area contributed by atoms with E-state index in [-0.39, 0.29) is 0 Å². The van der Waals surface area contributed by atoms with Crippen LogP contribution in [0.5, 0.6) is 5.75 Å². The Kier molecular flexibility index (Phi) is 6.40. The number of aromatic hydroxyl groups is 1. The predicted octanol–water partition coefficient (Wildman–Crippen LogP) is 6.96. The van der Waals surface area contributed by atoms with Crippen LogP contribution in [0.1, 0.15) is 83.1 Å². The van der Waals surface area contributed by atoms with E-state index < -0.39 is 0 Å². The largest absolute Gasteiger partial charge is 0.508 e. The summed E-state index contributed by atoms with van der Waals surface area (Å²) < 4.78 is 0. The van der Waals surface area contributed by atoms with Crippen molar-refractivity contribution in [1.82, 2.24) is 0 Å². The summed E-state index contributed by atoms with van der Waals surface area (Å²) in [5, 5.41) is 9.44. The summed E-state index contributed by atoms with van der Waals surface area (Å²) in [7, 11) is 0. The Morgan fingerprint density at radius 1 is 0.917 bits per heavy atom. The Morgan fingerprint density at radius 3 is 2.29 bits per heavy atom. The number of hydrogen-bond acceptors (Lipinski definition) is 1. The van der Waals surface area contributed by atoms with E-state index in [0.717, 1.165) is 17.8 Å². The van der Waals surface area contributed by atoms with Crippen LogP contribution in [0.3, 0.4) is 0 Å². The van der Waals surface area contributed by atoms with Crippen LogP contribution < -0.4 is 0 Å². The first-order valence-corrected chi connectivity index (χ1v) is 10.2. The Morgan fingerprint density at radius 2 is 1.67 bits per heavy atom. The predicted molar refractivity (Wildman–Crippen MR) is 103 cm³/mol. The fourth-order valence-electron chi connectivity index (χ4n) is 4.85. The first kappa shape index (κ1) is 17.6. The van der Waals surface area contributed by atoms with Crippen LogP contribution in [-0.2, 0) is 0 Å². The molecule has 1 nitrogen and oxygen atoms in total. The molecule has 1 aromatic carbocycles. The Labute approximate surface area is 148 Å². The molecule has 0 radical (unpaired) electrons. The smallest absolute Gasteiger partial charge is 0.115 e. The van der Waals surface area contributed by atoms with Crippen molar-refractivity contribution in [3.05, 3.63) is 35.9 Å². The molecule has 0 heterocycles. The molecule has 24 heavy (non-hydrogen) atoms. The second kappa shape index (κ2) is 8.74. The third-order valence-corrected chi connectivity index (χ3v) is 6.46. The number of benzene rings is 1. The summed E-state index contributed by atoms with van der Waals surface area (Å²) in [4.78, 5) is 0. The number of allylic oxidation sites excluding steroid dienone is 2. The standard InChI is InChI=1S/C23H34O/c1-2-3-4-5-18-6-8-19(9-7-18)20-10-12-21(13-11-20)22-14-16-23(24)17-15-22/h12,14-20,24H,2-11,13H2,1H3. The van der Waals surface area contributed by atoms with Crippen LogP contribution in [0.15, 0.2) is 30.3 Å². The van der Waals surface area contributed by atoms with Gasteiger partial charge in [-0.15, -0.1) is 0 Å². The number of phenolic OH excluding ortho intramolecular Hbond substituents is 1. The number of unbranched alkanes of at least 4 members (excludes halogenated alkanes) is 2. The van der Waals surface area contributed by atoms with Crippen molar-refractivity contribution in [3.63, 3.8) is 0 Å². The van der Waals surface area contributed by atoms with Gasteiger partial charge in [0.2, 0.25) is 0 Å². The monoisotopic (exact) mass is 326 g/mol. The molecule has 0 aromatic heterocycles. The first-order valence-electron chi connectivity index (χ1n) is 10.2. The summed E-state index contributed by atoms with van der Waals surface area (Å²) in [5.41, 5.74) is 2.78. The van der Waals surface area contributed by atoms with Gasteiger partial charge in [0.1, 0.15) is 5.75 Å². The lowest BCUT2D eigenvalue weighted by Crippen LogP contribution is -2.23. The lowest BCUT2D eigenvalue weighted by atomic mass is 9.70. The molecule has 0 amide bonds. The quantitative estimate of drug-likeness (QED) is 0.560. The van der Waals surface area contributed by atoms with Gasteiger partial charge >= 0.3 is 0 Å². The molecular weight excluding hydrogens is 292 g/mol. The molecule has 2 aliphatic carbocycles. The SMILES string of the molecule is CCCCCC1CCC(C2CC=C(c3ccc(O)cc3)CC2)CC1. The molecule has 1 fully saturated rings. The maximum atomic E-state index is 9.44. The van der Waals surface area contributed by atoms with E-state index in [1.54, 1.807) is 0 Å². The molecule has 2 aliphatic rings. The minimum Gasteiger partial charge on any atom is -0.508 e. The normalized spacial score (nSPS) is 27.7. The highest BCUT2D eigenvalue weighted by Crippen LogP contribution is 2.42. The highest BCUT2D eigenvalue weighted by molar-refractivity contribution is 5.66. The molecule has 1 aromatic rings. The van der Waals surface area contributed by atoms with Gasteiger partial charge in [0.05, 0.1) is 0 Å². The van der Waals surface area contributed by atoms with Crippen molar-refractivity contribution in [2.24, 2.45) is 17.8 Å². The summed E-state index contributed by atoms with van der Waals surface area (Å²) in [5.74, 6) is 3.29. The molecule has 0 bridgehead atoms. The van der Waals surface area contributed by atoms with Crippen molar-refractivity contribution in [2.45, 2.75) is 77.6 Å². The average molecular weight is 327 g/mol. The van der Waals surface area contributed by atoms with Crippen molar-refractivity contribution >= 4 is 5.57 Å². The summed E-state index contributed by atoms with van der Waals surface area (Å²) in [6.07, 6.45) is 18.0. The maximum Gasteiger partial charge on any atom is 0.115 e. The van der Waals surface area contributed by atoms with Crippen LogP contribution in [0.4, 0.5) is 0 Å². The Balaban J connectivity index is 1.46. The van der Waals surface area contributed by atoms with Gasteiger partial charge in [-0.3, -0.25) is 0 Å². The molecule has 1 unspecified atom stereocenters. The Bertz CT molecular complexity index is 519. The minimum absolute atomic E-state index is 0.365. The van der Waals surface area contributed by atoms with Crippen LogP contribution in [0.2, 0.25) is 0 Å². The number of rotatable bonds is 6. The fraction of sp³-hybridized carbons (Fsp3) is 0.652. The molecule has 1 N–H and O–H groups in total. The molecule has 1 atom stereocenters. The van der Waals surface area contributed by atoms with Gasteiger partial charge in [-0.2, -0.15) is 0 Å². The van der Waals surface area contributed by atoms with Gasteiger partial charge in [-0.05, 0) is 73.1 Å². The van der Waals surface area contributed by atoms with Gasteiger partial charge < -0.3 is 5.11 Å². The van der Waals surface area contributed by atoms with E-state index in [2.05, 4.69) is 25.1 Å². The zero-order valence-corrected chi connectivity index (χ0v) is 15.3. The van der Waals surface area contributed by atoms with Crippen LogP contribution >= 0.6 is 0 Å². The second-order valence-corrected chi connectivity index (χ2v) is 8.09. The zero-order chi connectivity index (χ0) is 16.8. The lowest BCUT2D eigenvalue weighted by molar-refractivity contribution is 0.187. The first-order chi connectivity index (χ1) is 11.8. The maximum absolute atomic E-state index is 9.44. The molecule has 3 rings (SSSR count). The molecule has 1 saturated carbocycles. The molecule has 1 heteroatoms. The average Bonchev–Trinajstić information content (AvgIpc) is 2.63. The second-order valence-electron chi connectivity index (χ2n) is 8.09. The van der Waals surface area contributed by atoms with E-state index in [4.69, 9.17) is 0 Å². The topological polar surface area (TPSA) is 20.2 Å². The van der Waals surface area contributed by atoms with E-state index in [1.165, 1.54) is 81.8 Å². The minimum atomic E-state index is 0.365. The van der Waals surface area contributed by atoms with Crippen molar-refractivity contribution in [2.75, 3.05) is 0 Å². The fourth-order valence-corrected chi connectivity index (χ4v) is 4.85. The number of phenols is 1. The van der Waals surface area contributed by atoms with Crippen LogP contribution in [0.25, 0.3) is 5.57 Å². The molecular formula is C23H34O. The van der Waals surface area contributed by atoms with Crippen molar-refractivity contribution in [1.29, 1.82) is 0 Å². The third-order valence-electron chi connectivity index (χ3n) is 6.46.